The van der Waals surface area contributed by atoms with E-state index in [2.05, 4.69) is 13.8 Å². The zero-order chi connectivity index (χ0) is 12.8. The Morgan fingerprint density at radius 3 is 2.19 bits per heavy atom. The first-order chi connectivity index (χ1) is 7.40. The molecule has 0 heterocycles. The van der Waals surface area contributed by atoms with Crippen LogP contribution in [-0.4, -0.2) is 18.9 Å². The quantitative estimate of drug-likeness (QED) is 0.382. The summed E-state index contributed by atoms with van der Waals surface area (Å²) in [5.74, 6) is 0.0796. The highest BCUT2D eigenvalue weighted by Crippen LogP contribution is 2.33. The van der Waals surface area contributed by atoms with Gasteiger partial charge in [-0.15, -0.1) is 0 Å². The van der Waals surface area contributed by atoms with Crippen LogP contribution in [0.2, 0.25) is 0 Å². The molecule has 0 saturated carbocycles. The largest absolute Gasteiger partial charge is 0.465 e. The number of carbonyl (C=O) groups excluding carboxylic acids is 2. The zero-order valence-corrected chi connectivity index (χ0v) is 11.1. The molecule has 0 saturated heterocycles. The molecule has 1 unspecified atom stereocenters. The van der Waals surface area contributed by atoms with Gasteiger partial charge in [0.2, 0.25) is 0 Å². The molecular weight excluding hydrogens is 204 g/mol. The Bertz CT molecular complexity index is 233. The van der Waals surface area contributed by atoms with E-state index >= 15 is 0 Å². The average molecular weight is 228 g/mol. The maximum Gasteiger partial charge on any atom is 0.319 e. The molecule has 0 aliphatic carbocycles. The van der Waals surface area contributed by atoms with Crippen LogP contribution in [0.25, 0.3) is 0 Å². The van der Waals surface area contributed by atoms with Crippen LogP contribution in [0.4, 0.5) is 0 Å². The molecule has 0 N–H and O–H groups in total. The van der Waals surface area contributed by atoms with Gasteiger partial charge in [-0.25, -0.2) is 0 Å². The molecule has 0 amide bonds. The standard InChI is InChI=1S/C13H24O3/c1-6-16-12(15)13(9-14,11(4)5)8-7-10(2)3/h9-11H,6-8H2,1-5H3. The van der Waals surface area contributed by atoms with E-state index < -0.39 is 5.41 Å². The first kappa shape index (κ1) is 15.1. The van der Waals surface area contributed by atoms with Gasteiger partial charge < -0.3 is 9.53 Å². The summed E-state index contributed by atoms with van der Waals surface area (Å²) in [6.07, 6.45) is 2.21. The molecule has 0 aliphatic rings. The van der Waals surface area contributed by atoms with Crippen molar-refractivity contribution in [1.29, 1.82) is 0 Å². The molecule has 94 valence electrons. The second-order valence-corrected chi connectivity index (χ2v) is 4.97. The Balaban J connectivity index is 4.84. The number of ether oxygens (including phenoxy) is 1. The van der Waals surface area contributed by atoms with Crippen LogP contribution in [0.15, 0.2) is 0 Å². The van der Waals surface area contributed by atoms with E-state index in [1.165, 1.54) is 0 Å². The topological polar surface area (TPSA) is 43.4 Å². The van der Waals surface area contributed by atoms with Gasteiger partial charge in [0, 0.05) is 0 Å². The van der Waals surface area contributed by atoms with Crippen LogP contribution >= 0.6 is 0 Å². The highest BCUT2D eigenvalue weighted by molar-refractivity contribution is 5.93. The van der Waals surface area contributed by atoms with Gasteiger partial charge in [0.1, 0.15) is 11.7 Å². The summed E-state index contributed by atoms with van der Waals surface area (Å²) < 4.78 is 5.02. The molecule has 3 heteroatoms. The summed E-state index contributed by atoms with van der Waals surface area (Å²) in [5.41, 5.74) is -0.958. The Kier molecular flexibility index (Phi) is 6.31. The van der Waals surface area contributed by atoms with Crippen LogP contribution in [0.1, 0.15) is 47.5 Å². The number of hydrogen-bond donors (Lipinski definition) is 0. The van der Waals surface area contributed by atoms with E-state index in [4.69, 9.17) is 4.74 Å². The van der Waals surface area contributed by atoms with Crippen LogP contribution in [-0.2, 0) is 14.3 Å². The maximum absolute atomic E-state index is 11.9. The van der Waals surface area contributed by atoms with E-state index in [1.54, 1.807) is 6.92 Å². The Labute approximate surface area is 98.6 Å². The van der Waals surface area contributed by atoms with Crippen LogP contribution in [0.3, 0.4) is 0 Å². The lowest BCUT2D eigenvalue weighted by molar-refractivity contribution is -0.160. The fourth-order valence-electron chi connectivity index (χ4n) is 1.66. The minimum absolute atomic E-state index is 0.0252. The lowest BCUT2D eigenvalue weighted by Crippen LogP contribution is -2.39. The third-order valence-corrected chi connectivity index (χ3v) is 3.03. The lowest BCUT2D eigenvalue weighted by atomic mass is 9.74. The van der Waals surface area contributed by atoms with Crippen molar-refractivity contribution in [1.82, 2.24) is 0 Å². The number of esters is 1. The third kappa shape index (κ3) is 3.62. The monoisotopic (exact) mass is 228 g/mol. The van der Waals surface area contributed by atoms with Gasteiger partial charge >= 0.3 is 5.97 Å². The van der Waals surface area contributed by atoms with Gasteiger partial charge in [0.25, 0.3) is 0 Å². The molecule has 0 aromatic carbocycles. The van der Waals surface area contributed by atoms with Gasteiger partial charge in [-0.05, 0) is 31.6 Å². The number of hydrogen-bond acceptors (Lipinski definition) is 3. The summed E-state index contributed by atoms with van der Waals surface area (Å²) in [7, 11) is 0. The second kappa shape index (κ2) is 6.66. The van der Waals surface area contributed by atoms with Gasteiger partial charge in [-0.2, -0.15) is 0 Å². The zero-order valence-electron chi connectivity index (χ0n) is 11.1. The second-order valence-electron chi connectivity index (χ2n) is 4.97. The van der Waals surface area contributed by atoms with Crippen LogP contribution in [0.5, 0.6) is 0 Å². The summed E-state index contributed by atoms with van der Waals surface area (Å²) >= 11 is 0. The maximum atomic E-state index is 11.9. The van der Waals surface area contributed by atoms with Crippen LogP contribution < -0.4 is 0 Å². The summed E-state index contributed by atoms with van der Waals surface area (Å²) in [4.78, 5) is 23.2. The third-order valence-electron chi connectivity index (χ3n) is 3.03. The van der Waals surface area contributed by atoms with Gasteiger partial charge in [-0.3, -0.25) is 4.79 Å². The van der Waals surface area contributed by atoms with Crippen molar-refractivity contribution >= 4 is 12.3 Å². The van der Waals surface area contributed by atoms with Crippen molar-refractivity contribution < 1.29 is 14.3 Å². The number of carbonyl (C=O) groups is 2. The molecule has 0 aromatic heterocycles. The van der Waals surface area contributed by atoms with Crippen molar-refractivity contribution in [2.45, 2.75) is 47.5 Å². The molecule has 0 fully saturated rings. The molecule has 0 bridgehead atoms. The number of rotatable bonds is 7. The fourth-order valence-corrected chi connectivity index (χ4v) is 1.66. The van der Waals surface area contributed by atoms with E-state index in [1.807, 2.05) is 13.8 Å². The number of aldehydes is 1. The SMILES string of the molecule is CCOC(=O)C(C=O)(CCC(C)C)C(C)C. The van der Waals surface area contributed by atoms with Crippen LogP contribution in [0, 0.1) is 17.3 Å². The van der Waals surface area contributed by atoms with E-state index in [0.29, 0.717) is 18.9 Å². The summed E-state index contributed by atoms with van der Waals surface area (Å²) in [6.45, 7) is 10.0. The van der Waals surface area contributed by atoms with Crippen molar-refractivity contribution in [2.75, 3.05) is 6.61 Å². The summed E-state index contributed by atoms with van der Waals surface area (Å²) in [6, 6.07) is 0. The van der Waals surface area contributed by atoms with Crippen molar-refractivity contribution in [2.24, 2.45) is 17.3 Å². The summed E-state index contributed by atoms with van der Waals surface area (Å²) in [5, 5.41) is 0. The highest BCUT2D eigenvalue weighted by atomic mass is 16.5. The minimum atomic E-state index is -0.958. The van der Waals surface area contributed by atoms with Crippen molar-refractivity contribution in [3.8, 4) is 0 Å². The molecule has 0 rings (SSSR count). The van der Waals surface area contributed by atoms with Crippen molar-refractivity contribution in [3.05, 3.63) is 0 Å². The molecule has 3 nitrogen and oxygen atoms in total. The first-order valence-electron chi connectivity index (χ1n) is 6.04. The average Bonchev–Trinajstić information content (AvgIpc) is 2.18. The normalized spacial score (nSPS) is 14.9. The molecule has 0 spiro atoms. The van der Waals surface area contributed by atoms with E-state index in [0.717, 1.165) is 12.7 Å². The lowest BCUT2D eigenvalue weighted by Gasteiger charge is -2.30. The Morgan fingerprint density at radius 1 is 1.31 bits per heavy atom. The molecule has 1 atom stereocenters. The fraction of sp³-hybridized carbons (Fsp3) is 0.846. The van der Waals surface area contributed by atoms with Gasteiger partial charge in [-0.1, -0.05) is 27.7 Å². The molecular formula is C13H24O3. The first-order valence-corrected chi connectivity index (χ1v) is 6.04. The smallest absolute Gasteiger partial charge is 0.319 e. The molecule has 0 aliphatic heterocycles. The van der Waals surface area contributed by atoms with Gasteiger partial charge in [0.15, 0.2) is 0 Å². The highest BCUT2D eigenvalue weighted by Gasteiger charge is 2.42. The molecule has 16 heavy (non-hydrogen) atoms. The van der Waals surface area contributed by atoms with Crippen molar-refractivity contribution in [3.63, 3.8) is 0 Å². The van der Waals surface area contributed by atoms with E-state index in [-0.39, 0.29) is 11.9 Å². The Hall–Kier alpha value is -0.860. The predicted octanol–water partition coefficient (Wildman–Crippen LogP) is 2.83. The molecule has 0 radical (unpaired) electrons. The van der Waals surface area contributed by atoms with Gasteiger partial charge in [0.05, 0.1) is 6.61 Å². The van der Waals surface area contributed by atoms with E-state index in [9.17, 15) is 9.59 Å². The molecule has 0 aromatic rings. The predicted molar refractivity (Wildman–Crippen MR) is 64.0 cm³/mol. The Morgan fingerprint density at radius 2 is 1.88 bits per heavy atom. The minimum Gasteiger partial charge on any atom is -0.465 e.